The Bertz CT molecular complexity index is 561. The third-order valence-electron chi connectivity index (χ3n) is 3.17. The van der Waals surface area contributed by atoms with Crippen molar-refractivity contribution in [2.45, 2.75) is 26.7 Å². The van der Waals surface area contributed by atoms with Gasteiger partial charge >= 0.3 is 0 Å². The first kappa shape index (κ1) is 12.5. The van der Waals surface area contributed by atoms with Crippen LogP contribution in [0.5, 0.6) is 0 Å². The van der Waals surface area contributed by atoms with E-state index in [4.69, 9.17) is 0 Å². The monoisotopic (exact) mass is 239 g/mol. The summed E-state index contributed by atoms with van der Waals surface area (Å²) in [5.74, 6) is 0. The SMILES string of the molecule is CCc1ccc(CC)c(-c2cncc(C=O)c2)c1. The molecule has 2 rings (SSSR count). The minimum atomic E-state index is 0.622. The molecule has 0 bridgehead atoms. The highest BCUT2D eigenvalue weighted by Crippen LogP contribution is 2.25. The average molecular weight is 239 g/mol. The molecule has 1 heterocycles. The summed E-state index contributed by atoms with van der Waals surface area (Å²) in [5, 5.41) is 0. The Hall–Kier alpha value is -1.96. The van der Waals surface area contributed by atoms with Gasteiger partial charge in [-0.15, -0.1) is 0 Å². The van der Waals surface area contributed by atoms with E-state index in [0.717, 1.165) is 24.7 Å². The number of pyridine rings is 1. The summed E-state index contributed by atoms with van der Waals surface area (Å²) in [6.07, 6.45) is 6.24. The van der Waals surface area contributed by atoms with Gasteiger partial charge in [-0.2, -0.15) is 0 Å². The molecular weight excluding hydrogens is 222 g/mol. The maximum atomic E-state index is 10.8. The highest BCUT2D eigenvalue weighted by atomic mass is 16.1. The van der Waals surface area contributed by atoms with E-state index >= 15 is 0 Å². The Labute approximate surface area is 108 Å². The Morgan fingerprint density at radius 2 is 1.94 bits per heavy atom. The van der Waals surface area contributed by atoms with E-state index in [2.05, 4.69) is 37.0 Å². The second-order valence-electron chi connectivity index (χ2n) is 4.32. The molecule has 0 saturated heterocycles. The number of aryl methyl sites for hydroxylation is 2. The molecule has 2 nitrogen and oxygen atoms in total. The lowest BCUT2D eigenvalue weighted by molar-refractivity contribution is 0.112. The zero-order valence-electron chi connectivity index (χ0n) is 10.8. The lowest BCUT2D eigenvalue weighted by Crippen LogP contribution is -1.92. The number of aromatic nitrogens is 1. The molecule has 2 aromatic rings. The Balaban J connectivity index is 2.56. The molecule has 0 aliphatic rings. The van der Waals surface area contributed by atoms with Gasteiger partial charge in [-0.05, 0) is 35.6 Å². The van der Waals surface area contributed by atoms with Crippen molar-refractivity contribution >= 4 is 6.29 Å². The van der Waals surface area contributed by atoms with Gasteiger partial charge in [0.05, 0.1) is 0 Å². The van der Waals surface area contributed by atoms with Gasteiger partial charge in [0.15, 0.2) is 6.29 Å². The van der Waals surface area contributed by atoms with E-state index in [-0.39, 0.29) is 0 Å². The van der Waals surface area contributed by atoms with Crippen molar-refractivity contribution in [1.82, 2.24) is 4.98 Å². The van der Waals surface area contributed by atoms with Crippen LogP contribution >= 0.6 is 0 Å². The van der Waals surface area contributed by atoms with Crippen LogP contribution in [0.4, 0.5) is 0 Å². The maximum Gasteiger partial charge on any atom is 0.151 e. The summed E-state index contributed by atoms with van der Waals surface area (Å²) in [5.41, 5.74) is 5.42. The van der Waals surface area contributed by atoms with Gasteiger partial charge in [-0.1, -0.05) is 32.0 Å². The third kappa shape index (κ3) is 2.48. The van der Waals surface area contributed by atoms with Crippen LogP contribution in [0.3, 0.4) is 0 Å². The van der Waals surface area contributed by atoms with E-state index in [1.807, 2.05) is 12.3 Å². The molecule has 2 heteroatoms. The molecule has 18 heavy (non-hydrogen) atoms. The number of hydrogen-bond donors (Lipinski definition) is 0. The summed E-state index contributed by atoms with van der Waals surface area (Å²) in [6.45, 7) is 4.28. The molecule has 0 aliphatic carbocycles. The van der Waals surface area contributed by atoms with Crippen molar-refractivity contribution < 1.29 is 4.79 Å². The Kier molecular flexibility index (Phi) is 3.88. The lowest BCUT2D eigenvalue weighted by Gasteiger charge is -2.10. The molecule has 0 N–H and O–H groups in total. The first-order chi connectivity index (χ1) is 8.78. The van der Waals surface area contributed by atoms with Gasteiger partial charge in [0.25, 0.3) is 0 Å². The van der Waals surface area contributed by atoms with Gasteiger partial charge in [-0.3, -0.25) is 9.78 Å². The maximum absolute atomic E-state index is 10.8. The first-order valence-corrected chi connectivity index (χ1v) is 6.30. The highest BCUT2D eigenvalue weighted by Gasteiger charge is 2.06. The first-order valence-electron chi connectivity index (χ1n) is 6.30. The van der Waals surface area contributed by atoms with Gasteiger partial charge in [-0.25, -0.2) is 0 Å². The Morgan fingerprint density at radius 1 is 1.11 bits per heavy atom. The largest absolute Gasteiger partial charge is 0.298 e. The molecule has 0 amide bonds. The van der Waals surface area contributed by atoms with Crippen molar-refractivity contribution in [3.05, 3.63) is 53.3 Å². The van der Waals surface area contributed by atoms with Crippen molar-refractivity contribution in [3.8, 4) is 11.1 Å². The fourth-order valence-corrected chi connectivity index (χ4v) is 2.09. The number of nitrogens with zero attached hydrogens (tertiary/aromatic N) is 1. The van der Waals surface area contributed by atoms with Crippen LogP contribution in [-0.2, 0) is 12.8 Å². The molecule has 0 atom stereocenters. The van der Waals surface area contributed by atoms with Gasteiger partial charge in [0, 0.05) is 23.5 Å². The van der Waals surface area contributed by atoms with E-state index in [0.29, 0.717) is 5.56 Å². The van der Waals surface area contributed by atoms with Crippen molar-refractivity contribution in [2.24, 2.45) is 0 Å². The molecule has 0 saturated carbocycles. The number of carbonyl (C=O) groups excluding carboxylic acids is 1. The zero-order valence-corrected chi connectivity index (χ0v) is 10.8. The minimum Gasteiger partial charge on any atom is -0.298 e. The minimum absolute atomic E-state index is 0.622. The summed E-state index contributed by atoms with van der Waals surface area (Å²) in [4.78, 5) is 15.0. The van der Waals surface area contributed by atoms with Crippen LogP contribution in [0, 0.1) is 0 Å². The summed E-state index contributed by atoms with van der Waals surface area (Å²) in [6, 6.07) is 8.43. The third-order valence-corrected chi connectivity index (χ3v) is 3.17. The Morgan fingerprint density at radius 3 is 2.61 bits per heavy atom. The fourth-order valence-electron chi connectivity index (χ4n) is 2.09. The topological polar surface area (TPSA) is 30.0 Å². The number of carbonyl (C=O) groups is 1. The van der Waals surface area contributed by atoms with E-state index in [1.165, 1.54) is 16.7 Å². The second kappa shape index (κ2) is 5.58. The summed E-state index contributed by atoms with van der Waals surface area (Å²) in [7, 11) is 0. The molecule has 0 spiro atoms. The smallest absolute Gasteiger partial charge is 0.151 e. The molecule has 1 aromatic heterocycles. The molecule has 92 valence electrons. The standard InChI is InChI=1S/C16H17NO/c1-3-12-5-6-14(4-2)16(8-12)15-7-13(11-18)9-17-10-15/h5-11H,3-4H2,1-2H3. The number of hydrogen-bond acceptors (Lipinski definition) is 2. The number of benzene rings is 1. The fraction of sp³-hybridized carbons (Fsp3) is 0.250. The van der Waals surface area contributed by atoms with E-state index in [1.54, 1.807) is 6.20 Å². The van der Waals surface area contributed by atoms with Crippen LogP contribution in [0.1, 0.15) is 35.3 Å². The quantitative estimate of drug-likeness (QED) is 0.762. The average Bonchev–Trinajstić information content (AvgIpc) is 2.46. The van der Waals surface area contributed by atoms with Crippen LogP contribution < -0.4 is 0 Å². The van der Waals surface area contributed by atoms with Gasteiger partial charge < -0.3 is 0 Å². The number of rotatable bonds is 4. The normalized spacial score (nSPS) is 10.3. The van der Waals surface area contributed by atoms with E-state index < -0.39 is 0 Å². The molecular formula is C16H17NO. The second-order valence-corrected chi connectivity index (χ2v) is 4.32. The van der Waals surface area contributed by atoms with Crippen LogP contribution in [0.15, 0.2) is 36.7 Å². The lowest BCUT2D eigenvalue weighted by atomic mass is 9.95. The van der Waals surface area contributed by atoms with Crippen molar-refractivity contribution in [2.75, 3.05) is 0 Å². The summed E-state index contributed by atoms with van der Waals surface area (Å²) < 4.78 is 0. The van der Waals surface area contributed by atoms with Crippen LogP contribution in [0.25, 0.3) is 11.1 Å². The van der Waals surface area contributed by atoms with Crippen molar-refractivity contribution in [1.29, 1.82) is 0 Å². The molecule has 0 radical (unpaired) electrons. The van der Waals surface area contributed by atoms with E-state index in [9.17, 15) is 4.79 Å². The molecule has 0 unspecified atom stereocenters. The summed E-state index contributed by atoms with van der Waals surface area (Å²) >= 11 is 0. The van der Waals surface area contributed by atoms with Crippen LogP contribution in [-0.4, -0.2) is 11.3 Å². The highest BCUT2D eigenvalue weighted by molar-refractivity contribution is 5.78. The zero-order chi connectivity index (χ0) is 13.0. The van der Waals surface area contributed by atoms with Crippen molar-refractivity contribution in [3.63, 3.8) is 0 Å². The van der Waals surface area contributed by atoms with Gasteiger partial charge in [0.2, 0.25) is 0 Å². The predicted octanol–water partition coefficient (Wildman–Crippen LogP) is 3.69. The van der Waals surface area contributed by atoms with Gasteiger partial charge in [0.1, 0.15) is 0 Å². The van der Waals surface area contributed by atoms with Crippen LogP contribution in [0.2, 0.25) is 0 Å². The predicted molar refractivity (Wildman–Crippen MR) is 73.8 cm³/mol. The molecule has 0 fully saturated rings. The molecule has 0 aliphatic heterocycles. The number of aldehydes is 1. The molecule has 1 aromatic carbocycles.